The zero-order valence-electron chi connectivity index (χ0n) is 15.9. The maximum atomic E-state index is 12.9. The third-order valence-electron chi connectivity index (χ3n) is 4.76. The van der Waals surface area contributed by atoms with Gasteiger partial charge in [-0.15, -0.1) is 0 Å². The first kappa shape index (κ1) is 19.8. The summed E-state index contributed by atoms with van der Waals surface area (Å²) in [4.78, 5) is 38.6. The molecule has 1 aliphatic rings. The first-order valence-corrected chi connectivity index (χ1v) is 9.46. The number of nitrogens with zero attached hydrogens (tertiary/aromatic N) is 5. The summed E-state index contributed by atoms with van der Waals surface area (Å²) in [5.74, 6) is 0.331. The van der Waals surface area contributed by atoms with Gasteiger partial charge in [-0.05, 0) is 11.6 Å². The number of carbonyl (C=O) groups excluding carboxylic acids is 2. The summed E-state index contributed by atoms with van der Waals surface area (Å²) in [6, 6.07) is 11.6. The fourth-order valence-electron chi connectivity index (χ4n) is 3.19. The molecule has 0 radical (unpaired) electrons. The molecule has 1 fully saturated rings. The Morgan fingerprint density at radius 2 is 1.68 bits per heavy atom. The van der Waals surface area contributed by atoms with Crippen LogP contribution in [0.1, 0.15) is 12.0 Å². The van der Waals surface area contributed by atoms with E-state index in [2.05, 4.69) is 19.8 Å². The van der Waals surface area contributed by atoms with Crippen LogP contribution in [0.5, 0.6) is 0 Å². The number of anilines is 1. The first-order chi connectivity index (χ1) is 13.6. The van der Waals surface area contributed by atoms with E-state index in [0.717, 1.165) is 37.7 Å². The molecule has 1 saturated heterocycles. The molecule has 2 N–H and O–H groups in total. The third kappa shape index (κ3) is 5.75. The Bertz CT molecular complexity index is 763. The lowest BCUT2D eigenvalue weighted by molar-refractivity contribution is -0.133. The van der Waals surface area contributed by atoms with Crippen molar-refractivity contribution in [1.29, 1.82) is 0 Å². The van der Waals surface area contributed by atoms with Crippen LogP contribution in [0.25, 0.3) is 0 Å². The summed E-state index contributed by atoms with van der Waals surface area (Å²) in [5, 5.41) is 0. The highest BCUT2D eigenvalue weighted by Crippen LogP contribution is 2.11. The lowest BCUT2D eigenvalue weighted by Crippen LogP contribution is -2.50. The van der Waals surface area contributed by atoms with Gasteiger partial charge in [0.25, 0.3) is 0 Å². The molecule has 0 atom stereocenters. The van der Waals surface area contributed by atoms with E-state index in [1.54, 1.807) is 23.4 Å². The zero-order valence-corrected chi connectivity index (χ0v) is 15.9. The normalized spacial score (nSPS) is 14.6. The maximum absolute atomic E-state index is 12.9. The van der Waals surface area contributed by atoms with E-state index >= 15 is 0 Å². The molecule has 2 heterocycles. The summed E-state index contributed by atoms with van der Waals surface area (Å²) < 4.78 is 0. The number of amides is 2. The minimum absolute atomic E-state index is 0.00881. The molecule has 28 heavy (non-hydrogen) atoms. The number of hydrogen-bond donors (Lipinski definition) is 1. The number of carbonyl (C=O) groups is 2. The van der Waals surface area contributed by atoms with Crippen molar-refractivity contribution in [1.82, 2.24) is 19.8 Å². The fourth-order valence-corrected chi connectivity index (χ4v) is 3.19. The molecule has 2 aromatic rings. The van der Waals surface area contributed by atoms with E-state index in [9.17, 15) is 9.59 Å². The number of piperazine rings is 1. The summed E-state index contributed by atoms with van der Waals surface area (Å²) in [5.41, 5.74) is 6.32. The summed E-state index contributed by atoms with van der Waals surface area (Å²) >= 11 is 0. The summed E-state index contributed by atoms with van der Waals surface area (Å²) in [7, 11) is 0. The second kappa shape index (κ2) is 9.80. The van der Waals surface area contributed by atoms with Crippen LogP contribution in [-0.4, -0.2) is 70.9 Å². The van der Waals surface area contributed by atoms with Crippen molar-refractivity contribution >= 4 is 17.8 Å². The number of aromatic nitrogens is 2. The summed E-state index contributed by atoms with van der Waals surface area (Å²) in [6.45, 7) is 4.22. The van der Waals surface area contributed by atoms with Crippen molar-refractivity contribution in [2.45, 2.75) is 13.0 Å². The Balaban J connectivity index is 1.55. The molecular weight excluding hydrogens is 356 g/mol. The predicted octanol–water partition coefficient (Wildman–Crippen LogP) is 0.503. The molecule has 1 aromatic carbocycles. The van der Waals surface area contributed by atoms with Crippen LogP contribution >= 0.6 is 0 Å². The van der Waals surface area contributed by atoms with Crippen LogP contribution in [0.4, 0.5) is 5.95 Å². The van der Waals surface area contributed by atoms with Crippen molar-refractivity contribution < 1.29 is 9.59 Å². The fraction of sp³-hybridized carbons (Fsp3) is 0.400. The van der Waals surface area contributed by atoms with Gasteiger partial charge in [0.1, 0.15) is 0 Å². The Hall–Kier alpha value is -3.00. The van der Waals surface area contributed by atoms with Gasteiger partial charge in [-0.25, -0.2) is 9.97 Å². The molecule has 148 valence electrons. The molecule has 0 spiro atoms. The molecule has 8 nitrogen and oxygen atoms in total. The second-order valence-electron chi connectivity index (χ2n) is 6.83. The molecule has 8 heteroatoms. The predicted molar refractivity (Wildman–Crippen MR) is 106 cm³/mol. The van der Waals surface area contributed by atoms with Gasteiger partial charge in [0.15, 0.2) is 0 Å². The number of nitrogens with two attached hydrogens (primary N) is 1. The molecule has 0 unspecified atom stereocenters. The topological polar surface area (TPSA) is 95.7 Å². The lowest BCUT2D eigenvalue weighted by Gasteiger charge is -2.35. The third-order valence-corrected chi connectivity index (χ3v) is 4.76. The van der Waals surface area contributed by atoms with Crippen molar-refractivity contribution in [2.75, 3.05) is 44.2 Å². The van der Waals surface area contributed by atoms with Crippen LogP contribution in [-0.2, 0) is 16.1 Å². The standard InChI is InChI=1S/C20H26N6O2/c21-18(27)7-10-26(15-17-5-2-1-3-6-17)19(28)16-24-11-13-25(14-12-24)20-22-8-4-9-23-20/h1-6,8-9H,7,10-16H2,(H2,21,27). The second-order valence-corrected chi connectivity index (χ2v) is 6.83. The Morgan fingerprint density at radius 1 is 1.00 bits per heavy atom. The van der Waals surface area contributed by atoms with E-state index in [0.29, 0.717) is 19.6 Å². The maximum Gasteiger partial charge on any atom is 0.237 e. The Morgan fingerprint density at radius 3 is 2.32 bits per heavy atom. The van der Waals surface area contributed by atoms with Gasteiger partial charge in [-0.2, -0.15) is 0 Å². The summed E-state index contributed by atoms with van der Waals surface area (Å²) in [6.07, 6.45) is 3.63. The van der Waals surface area contributed by atoms with Crippen LogP contribution in [0.2, 0.25) is 0 Å². The largest absolute Gasteiger partial charge is 0.370 e. The molecule has 1 aliphatic heterocycles. The van der Waals surface area contributed by atoms with Crippen LogP contribution < -0.4 is 10.6 Å². The zero-order chi connectivity index (χ0) is 19.8. The van der Waals surface area contributed by atoms with Crippen molar-refractivity contribution in [3.63, 3.8) is 0 Å². The molecule has 2 amide bonds. The van der Waals surface area contributed by atoms with Crippen LogP contribution in [0, 0.1) is 0 Å². The van der Waals surface area contributed by atoms with E-state index < -0.39 is 5.91 Å². The molecule has 3 rings (SSSR count). The molecule has 0 aliphatic carbocycles. The Kier molecular flexibility index (Phi) is 6.91. The minimum atomic E-state index is -0.401. The first-order valence-electron chi connectivity index (χ1n) is 9.46. The molecule has 1 aromatic heterocycles. The average molecular weight is 382 g/mol. The highest BCUT2D eigenvalue weighted by Gasteiger charge is 2.23. The van der Waals surface area contributed by atoms with E-state index in [-0.39, 0.29) is 12.3 Å². The van der Waals surface area contributed by atoms with Gasteiger partial charge in [-0.1, -0.05) is 30.3 Å². The van der Waals surface area contributed by atoms with Crippen molar-refractivity contribution in [2.24, 2.45) is 5.73 Å². The number of benzene rings is 1. The average Bonchev–Trinajstić information content (AvgIpc) is 2.73. The quantitative estimate of drug-likeness (QED) is 0.714. The van der Waals surface area contributed by atoms with Gasteiger partial charge >= 0.3 is 0 Å². The lowest BCUT2D eigenvalue weighted by atomic mass is 10.2. The number of hydrogen-bond acceptors (Lipinski definition) is 6. The van der Waals surface area contributed by atoms with Gasteiger partial charge in [0, 0.05) is 58.1 Å². The van der Waals surface area contributed by atoms with Gasteiger partial charge in [0.2, 0.25) is 17.8 Å². The van der Waals surface area contributed by atoms with E-state index in [1.165, 1.54) is 0 Å². The smallest absolute Gasteiger partial charge is 0.237 e. The van der Waals surface area contributed by atoms with Crippen LogP contribution in [0.15, 0.2) is 48.8 Å². The van der Waals surface area contributed by atoms with Crippen molar-refractivity contribution in [3.8, 4) is 0 Å². The number of rotatable bonds is 8. The highest BCUT2D eigenvalue weighted by atomic mass is 16.2. The van der Waals surface area contributed by atoms with Gasteiger partial charge < -0.3 is 15.5 Å². The van der Waals surface area contributed by atoms with E-state index in [1.807, 2.05) is 30.3 Å². The van der Waals surface area contributed by atoms with Gasteiger partial charge in [-0.3, -0.25) is 14.5 Å². The Labute approximate surface area is 165 Å². The van der Waals surface area contributed by atoms with Crippen LogP contribution in [0.3, 0.4) is 0 Å². The number of primary amides is 1. The molecule has 0 saturated carbocycles. The SMILES string of the molecule is NC(=O)CCN(Cc1ccccc1)C(=O)CN1CCN(c2ncccn2)CC1. The monoisotopic (exact) mass is 382 g/mol. The van der Waals surface area contributed by atoms with Gasteiger partial charge in [0.05, 0.1) is 6.54 Å². The molecule has 0 bridgehead atoms. The molecular formula is C20H26N6O2. The van der Waals surface area contributed by atoms with E-state index in [4.69, 9.17) is 5.73 Å². The minimum Gasteiger partial charge on any atom is -0.370 e. The van der Waals surface area contributed by atoms with Crippen molar-refractivity contribution in [3.05, 3.63) is 54.4 Å². The highest BCUT2D eigenvalue weighted by molar-refractivity contribution is 5.79.